The first-order valence-electron chi connectivity index (χ1n) is 8.01. The van der Waals surface area contributed by atoms with E-state index >= 15 is 0 Å². The van der Waals surface area contributed by atoms with Crippen LogP contribution in [0.15, 0.2) is 0 Å². The highest BCUT2D eigenvalue weighted by atomic mass is 15.1. The minimum Gasteiger partial charge on any atom is -0.317 e. The molecule has 0 aromatic carbocycles. The van der Waals surface area contributed by atoms with Crippen LogP contribution < -0.4 is 5.32 Å². The zero-order valence-corrected chi connectivity index (χ0v) is 13.2. The summed E-state index contributed by atoms with van der Waals surface area (Å²) in [6, 6.07) is 0.722. The van der Waals surface area contributed by atoms with Crippen molar-refractivity contribution in [1.82, 2.24) is 10.2 Å². The molecule has 1 aliphatic rings. The smallest absolute Gasteiger partial charge is 0.0110 e. The van der Waals surface area contributed by atoms with Gasteiger partial charge < -0.3 is 10.2 Å². The number of unbranched alkanes of at least 4 members (excludes halogenated alkanes) is 1. The van der Waals surface area contributed by atoms with Crippen molar-refractivity contribution in [3.05, 3.63) is 0 Å². The predicted octanol–water partition coefficient (Wildman–Crippen LogP) is 3.38. The largest absolute Gasteiger partial charge is 0.317 e. The lowest BCUT2D eigenvalue weighted by Crippen LogP contribution is -2.48. The summed E-state index contributed by atoms with van der Waals surface area (Å²) in [5.41, 5.74) is 0. The van der Waals surface area contributed by atoms with Crippen LogP contribution in [0.2, 0.25) is 0 Å². The van der Waals surface area contributed by atoms with E-state index in [1.165, 1.54) is 45.3 Å². The third kappa shape index (κ3) is 4.55. The molecule has 0 aromatic rings. The van der Waals surface area contributed by atoms with Gasteiger partial charge in [0.25, 0.3) is 0 Å². The summed E-state index contributed by atoms with van der Waals surface area (Å²) in [6.45, 7) is 13.2. The molecule has 0 aliphatic heterocycles. The molecule has 108 valence electrons. The van der Waals surface area contributed by atoms with Gasteiger partial charge in [-0.2, -0.15) is 0 Å². The highest BCUT2D eigenvalue weighted by Crippen LogP contribution is 2.34. The maximum atomic E-state index is 3.57. The van der Waals surface area contributed by atoms with Crippen molar-refractivity contribution in [2.75, 3.05) is 26.7 Å². The van der Waals surface area contributed by atoms with Gasteiger partial charge in [-0.25, -0.2) is 0 Å². The van der Waals surface area contributed by atoms with Crippen LogP contribution in [0.1, 0.15) is 53.4 Å². The lowest BCUT2D eigenvalue weighted by atomic mass is 9.72. The molecular weight excluding hydrogens is 220 g/mol. The SMILES string of the molecule is CCCCN(CC)CC1C(C)CC(C)CC1NC. The fourth-order valence-electron chi connectivity index (χ4n) is 3.61. The number of hydrogen-bond donors (Lipinski definition) is 1. The van der Waals surface area contributed by atoms with Crippen molar-refractivity contribution in [3.8, 4) is 0 Å². The molecule has 1 rings (SSSR count). The maximum absolute atomic E-state index is 3.57. The Kier molecular flexibility index (Phi) is 7.25. The Bertz CT molecular complexity index is 217. The first-order valence-corrected chi connectivity index (χ1v) is 8.01. The number of rotatable bonds is 7. The molecule has 2 nitrogen and oxygen atoms in total. The Balaban J connectivity index is 2.54. The van der Waals surface area contributed by atoms with Crippen molar-refractivity contribution >= 4 is 0 Å². The summed E-state index contributed by atoms with van der Waals surface area (Å²) in [7, 11) is 2.14. The normalized spacial score (nSPS) is 33.0. The highest BCUT2D eigenvalue weighted by molar-refractivity contribution is 4.88. The van der Waals surface area contributed by atoms with Crippen molar-refractivity contribution in [2.24, 2.45) is 17.8 Å². The number of hydrogen-bond acceptors (Lipinski definition) is 2. The fraction of sp³-hybridized carbons (Fsp3) is 1.00. The molecule has 1 saturated carbocycles. The van der Waals surface area contributed by atoms with Gasteiger partial charge in [-0.15, -0.1) is 0 Å². The van der Waals surface area contributed by atoms with Crippen LogP contribution in [0.5, 0.6) is 0 Å². The quantitative estimate of drug-likeness (QED) is 0.749. The topological polar surface area (TPSA) is 15.3 Å². The van der Waals surface area contributed by atoms with Crippen LogP contribution in [0.3, 0.4) is 0 Å². The Morgan fingerprint density at radius 1 is 1.17 bits per heavy atom. The van der Waals surface area contributed by atoms with E-state index < -0.39 is 0 Å². The molecule has 0 aromatic heterocycles. The first kappa shape index (κ1) is 16.0. The van der Waals surface area contributed by atoms with Crippen LogP contribution >= 0.6 is 0 Å². The average Bonchev–Trinajstić information content (AvgIpc) is 2.36. The minimum atomic E-state index is 0.722. The second-order valence-corrected chi connectivity index (χ2v) is 6.36. The molecule has 0 radical (unpaired) electrons. The molecule has 1 N–H and O–H groups in total. The van der Waals surface area contributed by atoms with E-state index in [0.29, 0.717) is 0 Å². The molecule has 4 atom stereocenters. The van der Waals surface area contributed by atoms with E-state index in [4.69, 9.17) is 0 Å². The molecule has 0 spiro atoms. The molecule has 1 fully saturated rings. The van der Waals surface area contributed by atoms with E-state index in [-0.39, 0.29) is 0 Å². The van der Waals surface area contributed by atoms with Crippen LogP contribution in [0, 0.1) is 17.8 Å². The third-order valence-electron chi connectivity index (χ3n) is 4.79. The summed E-state index contributed by atoms with van der Waals surface area (Å²) in [6.07, 6.45) is 5.42. The molecular formula is C16H34N2. The molecule has 18 heavy (non-hydrogen) atoms. The number of nitrogens with one attached hydrogen (secondary N) is 1. The lowest BCUT2D eigenvalue weighted by molar-refractivity contribution is 0.106. The van der Waals surface area contributed by atoms with Gasteiger partial charge in [0.1, 0.15) is 0 Å². The van der Waals surface area contributed by atoms with Gasteiger partial charge in [0, 0.05) is 12.6 Å². The molecule has 2 heteroatoms. The van der Waals surface area contributed by atoms with Gasteiger partial charge in [0.05, 0.1) is 0 Å². The molecule has 0 amide bonds. The monoisotopic (exact) mass is 254 g/mol. The Morgan fingerprint density at radius 2 is 1.89 bits per heavy atom. The zero-order chi connectivity index (χ0) is 13.5. The third-order valence-corrected chi connectivity index (χ3v) is 4.79. The van der Waals surface area contributed by atoms with Gasteiger partial charge >= 0.3 is 0 Å². The molecule has 0 bridgehead atoms. The molecule has 0 saturated heterocycles. The average molecular weight is 254 g/mol. The summed E-state index contributed by atoms with van der Waals surface area (Å²) in [5, 5.41) is 3.57. The second kappa shape index (κ2) is 8.16. The maximum Gasteiger partial charge on any atom is 0.0110 e. The Hall–Kier alpha value is -0.0800. The van der Waals surface area contributed by atoms with E-state index in [2.05, 4.69) is 45.0 Å². The molecule has 4 unspecified atom stereocenters. The van der Waals surface area contributed by atoms with Gasteiger partial charge in [0.15, 0.2) is 0 Å². The zero-order valence-electron chi connectivity index (χ0n) is 13.2. The van der Waals surface area contributed by atoms with Crippen molar-refractivity contribution in [1.29, 1.82) is 0 Å². The van der Waals surface area contributed by atoms with Gasteiger partial charge in [-0.05, 0) is 57.2 Å². The fourth-order valence-corrected chi connectivity index (χ4v) is 3.61. The summed E-state index contributed by atoms with van der Waals surface area (Å²) in [5.74, 6) is 2.59. The van der Waals surface area contributed by atoms with E-state index in [9.17, 15) is 0 Å². The second-order valence-electron chi connectivity index (χ2n) is 6.36. The van der Waals surface area contributed by atoms with E-state index in [1.54, 1.807) is 0 Å². The number of nitrogens with zero attached hydrogens (tertiary/aromatic N) is 1. The van der Waals surface area contributed by atoms with Crippen LogP contribution in [-0.2, 0) is 0 Å². The van der Waals surface area contributed by atoms with Crippen molar-refractivity contribution < 1.29 is 0 Å². The Morgan fingerprint density at radius 3 is 2.44 bits per heavy atom. The lowest BCUT2D eigenvalue weighted by Gasteiger charge is -2.42. The van der Waals surface area contributed by atoms with E-state index in [0.717, 1.165) is 23.8 Å². The van der Waals surface area contributed by atoms with Gasteiger partial charge in [-0.1, -0.05) is 34.1 Å². The van der Waals surface area contributed by atoms with Gasteiger partial charge in [0.2, 0.25) is 0 Å². The summed E-state index contributed by atoms with van der Waals surface area (Å²) >= 11 is 0. The standard InChI is InChI=1S/C16H34N2/c1-6-8-9-18(7-2)12-15-14(4)10-13(3)11-16(15)17-5/h13-17H,6-12H2,1-5H3. The minimum absolute atomic E-state index is 0.722. The van der Waals surface area contributed by atoms with Crippen LogP contribution in [0.4, 0.5) is 0 Å². The summed E-state index contributed by atoms with van der Waals surface area (Å²) in [4.78, 5) is 2.66. The first-order chi connectivity index (χ1) is 8.62. The van der Waals surface area contributed by atoms with Crippen molar-refractivity contribution in [3.63, 3.8) is 0 Å². The highest BCUT2D eigenvalue weighted by Gasteiger charge is 2.33. The van der Waals surface area contributed by atoms with Crippen LogP contribution in [0.25, 0.3) is 0 Å². The van der Waals surface area contributed by atoms with Gasteiger partial charge in [-0.3, -0.25) is 0 Å². The molecule has 0 heterocycles. The molecule has 1 aliphatic carbocycles. The summed E-state index contributed by atoms with van der Waals surface area (Å²) < 4.78 is 0. The predicted molar refractivity (Wildman–Crippen MR) is 80.9 cm³/mol. The Labute approximate surface area is 115 Å². The van der Waals surface area contributed by atoms with Crippen LogP contribution in [-0.4, -0.2) is 37.6 Å². The van der Waals surface area contributed by atoms with E-state index in [1.807, 2.05) is 0 Å². The van der Waals surface area contributed by atoms with Crippen molar-refractivity contribution in [2.45, 2.75) is 59.4 Å².